The van der Waals surface area contributed by atoms with Crippen LogP contribution in [0.4, 0.5) is 5.82 Å². The van der Waals surface area contributed by atoms with E-state index in [0.717, 1.165) is 48.8 Å². The molecule has 6 nitrogen and oxygen atoms in total. The van der Waals surface area contributed by atoms with Crippen molar-refractivity contribution in [1.82, 2.24) is 20.5 Å². The van der Waals surface area contributed by atoms with Crippen LogP contribution in [-0.4, -0.2) is 68.2 Å². The van der Waals surface area contributed by atoms with Gasteiger partial charge in [-0.3, -0.25) is 4.99 Å². The number of anilines is 1. The summed E-state index contributed by atoms with van der Waals surface area (Å²) < 4.78 is 0. The molecule has 2 aliphatic rings. The monoisotopic (exact) mass is 520 g/mol. The summed E-state index contributed by atoms with van der Waals surface area (Å²) in [5, 5.41) is 7.83. The molecule has 0 radical (unpaired) electrons. The van der Waals surface area contributed by atoms with Gasteiger partial charge in [-0.25, -0.2) is 4.98 Å². The number of nitrogens with one attached hydrogen (secondary N) is 2. The first-order chi connectivity index (χ1) is 13.2. The van der Waals surface area contributed by atoms with Gasteiger partial charge in [0.05, 0.1) is 5.02 Å². The van der Waals surface area contributed by atoms with Crippen LogP contribution in [0.2, 0.25) is 5.02 Å². The number of aliphatic imine (C=N–C) groups is 1. The number of pyridine rings is 1. The summed E-state index contributed by atoms with van der Waals surface area (Å²) in [7, 11) is 1.85. The molecule has 158 valence electrons. The average Bonchev–Trinajstić information content (AvgIpc) is 3.15. The topological polar surface area (TPSA) is 55.8 Å². The van der Waals surface area contributed by atoms with Gasteiger partial charge in [0.1, 0.15) is 5.82 Å². The second kappa shape index (κ2) is 12.0. The van der Waals surface area contributed by atoms with Crippen LogP contribution < -0.4 is 15.5 Å². The second-order valence-electron chi connectivity index (χ2n) is 7.62. The first kappa shape index (κ1) is 23.5. The fourth-order valence-corrected chi connectivity index (χ4v) is 4.28. The van der Waals surface area contributed by atoms with E-state index in [2.05, 4.69) is 37.3 Å². The molecule has 0 aliphatic carbocycles. The highest BCUT2D eigenvalue weighted by Gasteiger charge is 2.26. The third kappa shape index (κ3) is 6.62. The molecule has 3 rings (SSSR count). The van der Waals surface area contributed by atoms with Gasteiger partial charge in [0.2, 0.25) is 0 Å². The summed E-state index contributed by atoms with van der Waals surface area (Å²) >= 11 is 6.29. The standard InChI is InChI=1S/C20H33ClN6.HI/c1-3-10-26-11-6-16(7-12-26)14-24-20(22-2)25-17-8-13-27(15-17)19-18(21)5-4-9-23-19;/h4-5,9,16-17H,3,6-8,10-15H2,1-2H3,(H2,22,24,25);1H. The van der Waals surface area contributed by atoms with Gasteiger partial charge in [0.15, 0.2) is 5.96 Å². The first-order valence-corrected chi connectivity index (χ1v) is 10.6. The number of piperidine rings is 1. The van der Waals surface area contributed by atoms with Crippen LogP contribution in [0.3, 0.4) is 0 Å². The van der Waals surface area contributed by atoms with Gasteiger partial charge in [0.25, 0.3) is 0 Å². The lowest BCUT2D eigenvalue weighted by atomic mass is 9.97. The van der Waals surface area contributed by atoms with Gasteiger partial charge in [-0.05, 0) is 63.4 Å². The molecular weight excluding hydrogens is 487 g/mol. The number of hydrogen-bond donors (Lipinski definition) is 2. The normalized spacial score (nSPS) is 21.5. The van der Waals surface area contributed by atoms with Crippen molar-refractivity contribution >= 4 is 47.4 Å². The Morgan fingerprint density at radius 1 is 1.29 bits per heavy atom. The van der Waals surface area contributed by atoms with E-state index in [1.165, 1.54) is 38.9 Å². The molecule has 1 unspecified atom stereocenters. The Balaban J connectivity index is 0.00000280. The van der Waals surface area contributed by atoms with Gasteiger partial charge in [-0.1, -0.05) is 18.5 Å². The van der Waals surface area contributed by atoms with E-state index in [1.807, 2.05) is 19.2 Å². The van der Waals surface area contributed by atoms with Gasteiger partial charge in [-0.2, -0.15) is 0 Å². The predicted octanol–water partition coefficient (Wildman–Crippen LogP) is 3.22. The highest BCUT2D eigenvalue weighted by atomic mass is 127. The maximum absolute atomic E-state index is 6.29. The molecule has 2 N–H and O–H groups in total. The predicted molar refractivity (Wildman–Crippen MR) is 129 cm³/mol. The molecule has 8 heteroatoms. The number of aromatic nitrogens is 1. The summed E-state index contributed by atoms with van der Waals surface area (Å²) in [6, 6.07) is 4.13. The fraction of sp³-hybridized carbons (Fsp3) is 0.700. The number of hydrogen-bond acceptors (Lipinski definition) is 4. The smallest absolute Gasteiger partial charge is 0.191 e. The SMILES string of the molecule is CCCN1CCC(CNC(=NC)NC2CCN(c3ncccc3Cl)C2)CC1.I. The van der Waals surface area contributed by atoms with E-state index in [4.69, 9.17) is 11.6 Å². The lowest BCUT2D eigenvalue weighted by molar-refractivity contribution is 0.185. The highest BCUT2D eigenvalue weighted by Crippen LogP contribution is 2.25. The Bertz CT molecular complexity index is 620. The zero-order valence-electron chi connectivity index (χ0n) is 17.0. The van der Waals surface area contributed by atoms with Crippen LogP contribution >= 0.6 is 35.6 Å². The molecule has 0 aromatic carbocycles. The Labute approximate surface area is 191 Å². The maximum Gasteiger partial charge on any atom is 0.191 e. The number of likely N-dealkylation sites (tertiary alicyclic amines) is 1. The Hall–Kier alpha value is -0.800. The Morgan fingerprint density at radius 2 is 2.07 bits per heavy atom. The zero-order chi connectivity index (χ0) is 19.1. The third-order valence-corrected chi connectivity index (χ3v) is 5.89. The number of guanidine groups is 1. The van der Waals surface area contributed by atoms with Crippen molar-refractivity contribution in [2.24, 2.45) is 10.9 Å². The second-order valence-corrected chi connectivity index (χ2v) is 8.03. The lowest BCUT2D eigenvalue weighted by Crippen LogP contribution is -2.47. The largest absolute Gasteiger partial charge is 0.356 e. The third-order valence-electron chi connectivity index (χ3n) is 5.60. The van der Waals surface area contributed by atoms with Crippen LogP contribution in [0.25, 0.3) is 0 Å². The summed E-state index contributed by atoms with van der Waals surface area (Å²) in [5.74, 6) is 2.53. The van der Waals surface area contributed by atoms with Gasteiger partial charge < -0.3 is 20.4 Å². The van der Waals surface area contributed by atoms with Crippen LogP contribution in [0.1, 0.15) is 32.6 Å². The summed E-state index contributed by atoms with van der Waals surface area (Å²) in [6.45, 7) is 8.82. The van der Waals surface area contributed by atoms with Crippen LogP contribution in [0.5, 0.6) is 0 Å². The molecule has 0 spiro atoms. The summed E-state index contributed by atoms with van der Waals surface area (Å²) in [4.78, 5) is 13.7. The molecule has 1 aromatic rings. The lowest BCUT2D eigenvalue weighted by Gasteiger charge is -2.32. The van der Waals surface area contributed by atoms with Crippen LogP contribution in [-0.2, 0) is 0 Å². The molecule has 0 saturated carbocycles. The molecule has 2 fully saturated rings. The van der Waals surface area contributed by atoms with Gasteiger partial charge in [-0.15, -0.1) is 24.0 Å². The van der Waals surface area contributed by atoms with Crippen molar-refractivity contribution in [3.8, 4) is 0 Å². The molecule has 2 saturated heterocycles. The quantitative estimate of drug-likeness (QED) is 0.343. The average molecular weight is 521 g/mol. The highest BCUT2D eigenvalue weighted by molar-refractivity contribution is 14.0. The van der Waals surface area contributed by atoms with Crippen molar-refractivity contribution in [3.63, 3.8) is 0 Å². The van der Waals surface area contributed by atoms with E-state index in [1.54, 1.807) is 6.20 Å². The number of nitrogens with zero attached hydrogens (tertiary/aromatic N) is 4. The molecular formula is C20H34ClIN6. The summed E-state index contributed by atoms with van der Waals surface area (Å²) in [6.07, 6.45) is 6.66. The number of rotatable bonds is 6. The minimum atomic E-state index is 0. The Kier molecular flexibility index (Phi) is 10.1. The van der Waals surface area contributed by atoms with Gasteiger partial charge in [0, 0.05) is 38.9 Å². The molecule has 0 amide bonds. The fourth-order valence-electron chi connectivity index (χ4n) is 4.04. The molecule has 0 bridgehead atoms. The van der Waals surface area contributed by atoms with E-state index < -0.39 is 0 Å². The van der Waals surface area contributed by atoms with Gasteiger partial charge >= 0.3 is 0 Å². The minimum Gasteiger partial charge on any atom is -0.356 e. The van der Waals surface area contributed by atoms with E-state index in [9.17, 15) is 0 Å². The molecule has 1 atom stereocenters. The van der Waals surface area contributed by atoms with Crippen LogP contribution in [0.15, 0.2) is 23.3 Å². The molecule has 3 heterocycles. The van der Waals surface area contributed by atoms with Crippen molar-refractivity contribution in [1.29, 1.82) is 0 Å². The first-order valence-electron chi connectivity index (χ1n) is 10.2. The van der Waals surface area contributed by atoms with E-state index in [-0.39, 0.29) is 24.0 Å². The summed E-state index contributed by atoms with van der Waals surface area (Å²) in [5.41, 5.74) is 0. The van der Waals surface area contributed by atoms with E-state index in [0.29, 0.717) is 6.04 Å². The number of halogens is 2. The Morgan fingerprint density at radius 3 is 2.75 bits per heavy atom. The van der Waals surface area contributed by atoms with Crippen molar-refractivity contribution in [2.45, 2.75) is 38.6 Å². The zero-order valence-corrected chi connectivity index (χ0v) is 20.1. The van der Waals surface area contributed by atoms with Crippen LogP contribution in [0, 0.1) is 5.92 Å². The maximum atomic E-state index is 6.29. The molecule has 2 aliphatic heterocycles. The minimum absolute atomic E-state index is 0. The molecule has 28 heavy (non-hydrogen) atoms. The van der Waals surface area contributed by atoms with Crippen molar-refractivity contribution < 1.29 is 0 Å². The van der Waals surface area contributed by atoms with E-state index >= 15 is 0 Å². The van der Waals surface area contributed by atoms with Crippen molar-refractivity contribution in [2.75, 3.05) is 51.2 Å². The molecule has 1 aromatic heterocycles. The van der Waals surface area contributed by atoms with Crippen molar-refractivity contribution in [3.05, 3.63) is 23.4 Å².